The first kappa shape index (κ1) is 19.2. The second-order valence-corrected chi connectivity index (χ2v) is 8.71. The second kappa shape index (κ2) is 7.70. The van der Waals surface area contributed by atoms with Gasteiger partial charge in [0, 0.05) is 45.2 Å². The second-order valence-electron chi connectivity index (χ2n) is 6.75. The highest BCUT2D eigenvalue weighted by atomic mass is 35.5. The van der Waals surface area contributed by atoms with E-state index >= 15 is 0 Å². The van der Waals surface area contributed by atoms with Gasteiger partial charge in [0.15, 0.2) is 10.9 Å². The zero-order valence-corrected chi connectivity index (χ0v) is 17.4. The van der Waals surface area contributed by atoms with E-state index < -0.39 is 0 Å². The molecule has 0 bridgehead atoms. The summed E-state index contributed by atoms with van der Waals surface area (Å²) in [6.07, 6.45) is 4.44. The van der Waals surface area contributed by atoms with Crippen molar-refractivity contribution in [2.75, 3.05) is 5.32 Å². The molecule has 0 unspecified atom stereocenters. The molecule has 1 aromatic carbocycles. The Morgan fingerprint density at radius 2 is 2.14 bits per heavy atom. The molecule has 0 saturated heterocycles. The monoisotopic (exact) mass is 433 g/mol. The summed E-state index contributed by atoms with van der Waals surface area (Å²) in [5.41, 5.74) is 3.57. The Morgan fingerprint density at radius 3 is 2.93 bits per heavy atom. The fraction of sp³-hybridized carbons (Fsp3) is 0.250. The van der Waals surface area contributed by atoms with Crippen molar-refractivity contribution in [1.29, 1.82) is 0 Å². The van der Waals surface area contributed by atoms with Crippen LogP contribution in [0.2, 0.25) is 10.0 Å². The van der Waals surface area contributed by atoms with Gasteiger partial charge in [0.2, 0.25) is 0 Å². The smallest absolute Gasteiger partial charge is 0.274 e. The number of halogens is 2. The van der Waals surface area contributed by atoms with Crippen LogP contribution in [-0.2, 0) is 12.8 Å². The van der Waals surface area contributed by atoms with Crippen molar-refractivity contribution in [1.82, 2.24) is 9.97 Å². The first-order valence-electron chi connectivity index (χ1n) is 8.87. The van der Waals surface area contributed by atoms with Crippen LogP contribution >= 0.6 is 34.5 Å². The Morgan fingerprint density at radius 1 is 1.32 bits per heavy atom. The molecule has 3 aromatic rings. The van der Waals surface area contributed by atoms with E-state index in [9.17, 15) is 9.59 Å². The summed E-state index contributed by atoms with van der Waals surface area (Å²) in [5.74, 6) is -0.189. The number of aromatic nitrogens is 2. The summed E-state index contributed by atoms with van der Waals surface area (Å²) in [4.78, 5) is 33.2. The largest absolute Gasteiger partial charge is 0.354 e. The number of carbonyl (C=O) groups is 2. The number of benzene rings is 1. The average Bonchev–Trinajstić information content (AvgIpc) is 3.23. The maximum absolute atomic E-state index is 12.7. The molecule has 1 amide bonds. The average molecular weight is 434 g/mol. The number of carbonyl (C=O) groups excluding carboxylic acids is 2. The van der Waals surface area contributed by atoms with Crippen LogP contribution in [0, 0.1) is 6.92 Å². The number of H-pyrrole nitrogens is 1. The van der Waals surface area contributed by atoms with Gasteiger partial charge >= 0.3 is 0 Å². The van der Waals surface area contributed by atoms with E-state index in [0.29, 0.717) is 44.8 Å². The van der Waals surface area contributed by atoms with Crippen molar-refractivity contribution in [2.24, 2.45) is 0 Å². The SMILES string of the molecule is Cc1c(C(=O)Nc2ncc(Cc3cc(Cl)ccc3Cl)s2)[nH]c2c1C(=O)CCC2. The Balaban J connectivity index is 1.51. The molecule has 1 aliphatic carbocycles. The molecule has 4 rings (SSSR count). The van der Waals surface area contributed by atoms with E-state index in [-0.39, 0.29) is 11.7 Å². The highest BCUT2D eigenvalue weighted by molar-refractivity contribution is 7.15. The molecule has 0 radical (unpaired) electrons. The quantitative estimate of drug-likeness (QED) is 0.574. The van der Waals surface area contributed by atoms with Crippen molar-refractivity contribution in [3.05, 3.63) is 67.4 Å². The summed E-state index contributed by atoms with van der Waals surface area (Å²) < 4.78 is 0. The first-order valence-corrected chi connectivity index (χ1v) is 10.4. The number of amides is 1. The summed E-state index contributed by atoms with van der Waals surface area (Å²) >= 11 is 13.6. The Kier molecular flexibility index (Phi) is 5.27. The number of aromatic amines is 1. The van der Waals surface area contributed by atoms with Gasteiger partial charge < -0.3 is 4.98 Å². The number of ketones is 1. The van der Waals surface area contributed by atoms with Gasteiger partial charge in [0.1, 0.15) is 5.69 Å². The van der Waals surface area contributed by atoms with Crippen molar-refractivity contribution < 1.29 is 9.59 Å². The third kappa shape index (κ3) is 3.72. The van der Waals surface area contributed by atoms with Crippen LogP contribution in [0.15, 0.2) is 24.4 Å². The zero-order chi connectivity index (χ0) is 19.8. The molecule has 8 heteroatoms. The molecule has 0 fully saturated rings. The lowest BCUT2D eigenvalue weighted by Crippen LogP contribution is -2.13. The molecule has 0 aliphatic heterocycles. The molecule has 28 heavy (non-hydrogen) atoms. The standard InChI is InChI=1S/C20H17Cl2N3O2S/c1-10-17-15(3-2-4-16(17)26)24-18(10)19(27)25-20-23-9-13(28-20)8-11-7-12(21)5-6-14(11)22/h5-7,9,24H,2-4,8H2,1H3,(H,23,25,27). The van der Waals surface area contributed by atoms with Gasteiger partial charge in [-0.1, -0.05) is 23.2 Å². The van der Waals surface area contributed by atoms with E-state index in [4.69, 9.17) is 23.2 Å². The third-order valence-electron chi connectivity index (χ3n) is 4.81. The minimum absolute atomic E-state index is 0.101. The van der Waals surface area contributed by atoms with Gasteiger partial charge in [-0.05, 0) is 49.1 Å². The van der Waals surface area contributed by atoms with Crippen LogP contribution in [0.1, 0.15) is 55.4 Å². The van der Waals surface area contributed by atoms with E-state index in [1.165, 1.54) is 11.3 Å². The third-order valence-corrected chi connectivity index (χ3v) is 6.33. The topological polar surface area (TPSA) is 74.8 Å². The van der Waals surface area contributed by atoms with Gasteiger partial charge in [-0.15, -0.1) is 11.3 Å². The van der Waals surface area contributed by atoms with Crippen LogP contribution < -0.4 is 5.32 Å². The molecule has 0 saturated carbocycles. The number of hydrogen-bond acceptors (Lipinski definition) is 4. The molecule has 144 valence electrons. The molecule has 2 N–H and O–H groups in total. The Labute approximate surface area is 176 Å². The number of fused-ring (bicyclic) bond motifs is 1. The molecular formula is C20H17Cl2N3O2S. The number of nitrogens with one attached hydrogen (secondary N) is 2. The molecule has 0 atom stereocenters. The predicted molar refractivity (Wildman–Crippen MR) is 112 cm³/mol. The lowest BCUT2D eigenvalue weighted by molar-refractivity contribution is 0.0971. The Bertz CT molecular complexity index is 1090. The highest BCUT2D eigenvalue weighted by Gasteiger charge is 2.26. The summed E-state index contributed by atoms with van der Waals surface area (Å²) in [7, 11) is 0. The number of anilines is 1. The normalized spacial score (nSPS) is 13.5. The van der Waals surface area contributed by atoms with Crippen LogP contribution in [-0.4, -0.2) is 21.7 Å². The number of hydrogen-bond donors (Lipinski definition) is 2. The van der Waals surface area contributed by atoms with Crippen LogP contribution in [0.25, 0.3) is 0 Å². The maximum Gasteiger partial charge on any atom is 0.274 e. The lowest BCUT2D eigenvalue weighted by atomic mass is 9.94. The molecular weight excluding hydrogens is 417 g/mol. The summed E-state index contributed by atoms with van der Waals surface area (Å²) in [6, 6.07) is 5.33. The molecule has 2 heterocycles. The number of rotatable bonds is 4. The summed E-state index contributed by atoms with van der Waals surface area (Å²) in [5, 5.41) is 4.58. The van der Waals surface area contributed by atoms with Gasteiger partial charge in [0.25, 0.3) is 5.91 Å². The van der Waals surface area contributed by atoms with Crippen molar-refractivity contribution in [3.63, 3.8) is 0 Å². The zero-order valence-electron chi connectivity index (χ0n) is 15.1. The van der Waals surface area contributed by atoms with E-state index in [0.717, 1.165) is 29.0 Å². The minimum Gasteiger partial charge on any atom is -0.354 e. The highest BCUT2D eigenvalue weighted by Crippen LogP contribution is 2.29. The first-order chi connectivity index (χ1) is 13.4. The minimum atomic E-state index is -0.290. The number of nitrogens with zero attached hydrogens (tertiary/aromatic N) is 1. The van der Waals surface area contributed by atoms with Gasteiger partial charge in [-0.2, -0.15) is 0 Å². The molecule has 1 aliphatic rings. The van der Waals surface area contributed by atoms with Gasteiger partial charge in [-0.3, -0.25) is 14.9 Å². The number of Topliss-reactive ketones (excluding diaryl/α,β-unsaturated/α-hetero) is 1. The van der Waals surface area contributed by atoms with Gasteiger partial charge in [0.05, 0.1) is 0 Å². The fourth-order valence-corrected chi connectivity index (χ4v) is 4.68. The molecule has 2 aromatic heterocycles. The number of thiazole rings is 1. The van der Waals surface area contributed by atoms with Crippen molar-refractivity contribution >= 4 is 51.4 Å². The molecule has 5 nitrogen and oxygen atoms in total. The van der Waals surface area contributed by atoms with Crippen LogP contribution in [0.3, 0.4) is 0 Å². The maximum atomic E-state index is 12.7. The summed E-state index contributed by atoms with van der Waals surface area (Å²) in [6.45, 7) is 1.81. The van der Waals surface area contributed by atoms with E-state index in [1.807, 2.05) is 13.0 Å². The number of aryl methyl sites for hydroxylation is 1. The van der Waals surface area contributed by atoms with Crippen LogP contribution in [0.4, 0.5) is 5.13 Å². The lowest BCUT2D eigenvalue weighted by Gasteiger charge is -2.09. The van der Waals surface area contributed by atoms with Crippen molar-refractivity contribution in [3.8, 4) is 0 Å². The molecule has 0 spiro atoms. The fourth-order valence-electron chi connectivity index (χ4n) is 3.47. The Hall–Kier alpha value is -2.15. The van der Waals surface area contributed by atoms with Gasteiger partial charge in [-0.25, -0.2) is 4.98 Å². The van der Waals surface area contributed by atoms with Crippen LogP contribution in [0.5, 0.6) is 0 Å². The van der Waals surface area contributed by atoms with Crippen molar-refractivity contribution in [2.45, 2.75) is 32.6 Å². The van der Waals surface area contributed by atoms with E-state index in [2.05, 4.69) is 15.3 Å². The predicted octanol–water partition coefficient (Wildman–Crippen LogP) is 5.45. The van der Waals surface area contributed by atoms with E-state index in [1.54, 1.807) is 18.3 Å².